The van der Waals surface area contributed by atoms with E-state index in [1.807, 2.05) is 12.1 Å². The monoisotopic (exact) mass is 345 g/mol. The summed E-state index contributed by atoms with van der Waals surface area (Å²) >= 11 is 1.25. The molecule has 0 radical (unpaired) electrons. The van der Waals surface area contributed by atoms with E-state index in [0.717, 1.165) is 10.9 Å². The Balaban J connectivity index is 1.68. The van der Waals surface area contributed by atoms with Crippen molar-refractivity contribution in [1.29, 1.82) is 0 Å². The van der Waals surface area contributed by atoms with Crippen LogP contribution < -0.4 is 15.8 Å². The second-order valence-electron chi connectivity index (χ2n) is 5.14. The highest BCUT2D eigenvalue weighted by molar-refractivity contribution is 7.13. The van der Waals surface area contributed by atoms with Gasteiger partial charge in [0.25, 0.3) is 0 Å². The minimum Gasteiger partial charge on any atom is -0.497 e. The number of primary amides is 1. The van der Waals surface area contributed by atoms with Gasteiger partial charge in [0, 0.05) is 22.4 Å². The Hall–Kier alpha value is -2.87. The van der Waals surface area contributed by atoms with Gasteiger partial charge in [-0.05, 0) is 12.1 Å². The molecule has 0 saturated heterocycles. The number of amides is 2. The number of carbonyl (C=O) groups is 2. The minimum absolute atomic E-state index is 0.0561. The lowest BCUT2D eigenvalue weighted by Gasteiger charge is -2.01. The van der Waals surface area contributed by atoms with Gasteiger partial charge in [-0.1, -0.05) is 0 Å². The fourth-order valence-electron chi connectivity index (χ4n) is 2.29. The van der Waals surface area contributed by atoms with Crippen LogP contribution in [0.4, 0.5) is 5.13 Å². The normalized spacial score (nSPS) is 10.7. The zero-order valence-corrected chi connectivity index (χ0v) is 13.7. The Morgan fingerprint density at radius 2 is 2.21 bits per heavy atom. The van der Waals surface area contributed by atoms with E-state index in [-0.39, 0.29) is 18.7 Å². The highest BCUT2D eigenvalue weighted by atomic mass is 32.1. The van der Waals surface area contributed by atoms with Crippen LogP contribution in [0.3, 0.4) is 0 Å². The molecule has 3 aromatic rings. The highest BCUT2D eigenvalue weighted by Gasteiger charge is 2.13. The molecule has 0 spiro atoms. The van der Waals surface area contributed by atoms with E-state index in [2.05, 4.69) is 10.3 Å². The molecule has 2 aromatic heterocycles. The molecule has 0 saturated carbocycles. The lowest BCUT2D eigenvalue weighted by molar-refractivity contribution is -0.117. The quantitative estimate of drug-likeness (QED) is 0.711. The van der Waals surface area contributed by atoms with Crippen molar-refractivity contribution in [3.8, 4) is 5.75 Å². The number of rotatable bonds is 6. The van der Waals surface area contributed by atoms with E-state index >= 15 is 0 Å². The summed E-state index contributed by atoms with van der Waals surface area (Å²) in [6.45, 7) is 0. The number of methoxy groups -OCH3 is 1. The Morgan fingerprint density at radius 1 is 1.38 bits per heavy atom. The first-order valence-electron chi connectivity index (χ1n) is 7.12. The molecule has 3 rings (SSSR count). The standard InChI is InChI=1S/C16H15N3O4S/c1-22-11-2-3-12-9(7-23-13(12)6-11)4-15(21)19-16-18-10(8-24-16)5-14(17)20/h2-3,6-8H,4-5H2,1H3,(H2,17,20)(H,18,19,21). The van der Waals surface area contributed by atoms with Gasteiger partial charge in [0.05, 0.1) is 31.9 Å². The van der Waals surface area contributed by atoms with Gasteiger partial charge in [-0.15, -0.1) is 11.3 Å². The SMILES string of the molecule is COc1ccc2c(CC(=O)Nc3nc(CC(N)=O)cs3)coc2c1. The zero-order valence-electron chi connectivity index (χ0n) is 12.9. The summed E-state index contributed by atoms with van der Waals surface area (Å²) in [5.41, 5.74) is 7.10. The Morgan fingerprint density at radius 3 is 2.96 bits per heavy atom. The van der Waals surface area contributed by atoms with Crippen molar-refractivity contribution < 1.29 is 18.7 Å². The van der Waals surface area contributed by atoms with Gasteiger partial charge in [0.2, 0.25) is 11.8 Å². The topological polar surface area (TPSA) is 107 Å². The van der Waals surface area contributed by atoms with Gasteiger partial charge in [0.15, 0.2) is 5.13 Å². The van der Waals surface area contributed by atoms with Crippen LogP contribution in [-0.4, -0.2) is 23.9 Å². The number of thiazole rings is 1. The van der Waals surface area contributed by atoms with E-state index in [1.54, 1.807) is 24.8 Å². The molecule has 24 heavy (non-hydrogen) atoms. The summed E-state index contributed by atoms with van der Waals surface area (Å²) in [5, 5.41) is 5.70. The van der Waals surface area contributed by atoms with E-state index < -0.39 is 5.91 Å². The third kappa shape index (κ3) is 3.54. The van der Waals surface area contributed by atoms with Crippen molar-refractivity contribution >= 4 is 39.3 Å². The van der Waals surface area contributed by atoms with Crippen molar-refractivity contribution in [2.75, 3.05) is 12.4 Å². The third-order valence-corrected chi connectivity index (χ3v) is 4.17. The van der Waals surface area contributed by atoms with Gasteiger partial charge < -0.3 is 20.2 Å². The molecule has 0 aliphatic carbocycles. The van der Waals surface area contributed by atoms with Crippen molar-refractivity contribution in [2.24, 2.45) is 5.73 Å². The summed E-state index contributed by atoms with van der Waals surface area (Å²) in [4.78, 5) is 27.2. The van der Waals surface area contributed by atoms with E-state index in [1.165, 1.54) is 11.3 Å². The molecule has 0 aliphatic rings. The molecule has 7 nitrogen and oxygen atoms in total. The zero-order chi connectivity index (χ0) is 17.1. The summed E-state index contributed by atoms with van der Waals surface area (Å²) in [5.74, 6) is 0.0181. The highest BCUT2D eigenvalue weighted by Crippen LogP contribution is 2.26. The molecule has 8 heteroatoms. The molecule has 2 amide bonds. The van der Waals surface area contributed by atoms with Gasteiger partial charge in [-0.2, -0.15) is 0 Å². The largest absolute Gasteiger partial charge is 0.497 e. The van der Waals surface area contributed by atoms with Crippen LogP contribution in [-0.2, 0) is 22.4 Å². The number of hydrogen-bond acceptors (Lipinski definition) is 6. The predicted molar refractivity (Wildman–Crippen MR) is 90.1 cm³/mol. The van der Waals surface area contributed by atoms with Crippen LogP contribution in [0.2, 0.25) is 0 Å². The molecular weight excluding hydrogens is 330 g/mol. The molecule has 0 unspecified atom stereocenters. The molecule has 2 heterocycles. The van der Waals surface area contributed by atoms with Crippen LogP contribution >= 0.6 is 11.3 Å². The number of aromatic nitrogens is 1. The van der Waals surface area contributed by atoms with Crippen LogP contribution in [0.1, 0.15) is 11.3 Å². The maximum Gasteiger partial charge on any atom is 0.230 e. The van der Waals surface area contributed by atoms with Crippen LogP contribution in [0, 0.1) is 0 Å². The number of nitrogens with one attached hydrogen (secondary N) is 1. The third-order valence-electron chi connectivity index (χ3n) is 3.37. The summed E-state index contributed by atoms with van der Waals surface area (Å²) in [7, 11) is 1.58. The van der Waals surface area contributed by atoms with E-state index in [9.17, 15) is 9.59 Å². The number of nitrogens with zero attached hydrogens (tertiary/aromatic N) is 1. The first-order valence-corrected chi connectivity index (χ1v) is 8.00. The lowest BCUT2D eigenvalue weighted by atomic mass is 10.1. The first kappa shape index (κ1) is 16.0. The van der Waals surface area contributed by atoms with Crippen molar-refractivity contribution in [2.45, 2.75) is 12.8 Å². The number of benzene rings is 1. The maximum absolute atomic E-state index is 12.2. The average Bonchev–Trinajstić information content (AvgIpc) is 3.13. The van der Waals surface area contributed by atoms with Crippen molar-refractivity contribution in [3.63, 3.8) is 0 Å². The smallest absolute Gasteiger partial charge is 0.230 e. The summed E-state index contributed by atoms with van der Waals surface area (Å²) in [6.07, 6.45) is 1.77. The van der Waals surface area contributed by atoms with Gasteiger partial charge >= 0.3 is 0 Å². The van der Waals surface area contributed by atoms with E-state index in [0.29, 0.717) is 22.2 Å². The molecule has 124 valence electrons. The average molecular weight is 345 g/mol. The van der Waals surface area contributed by atoms with Gasteiger partial charge in [-0.25, -0.2) is 4.98 Å². The number of carbonyl (C=O) groups excluding carboxylic acids is 2. The van der Waals surface area contributed by atoms with Crippen LogP contribution in [0.15, 0.2) is 34.3 Å². The van der Waals surface area contributed by atoms with Crippen LogP contribution in [0.25, 0.3) is 11.0 Å². The maximum atomic E-state index is 12.2. The summed E-state index contributed by atoms with van der Waals surface area (Å²) in [6, 6.07) is 5.44. The number of furan rings is 1. The Labute approximate surface area is 141 Å². The molecular formula is C16H15N3O4S. The Bertz CT molecular complexity index is 900. The number of anilines is 1. The molecule has 0 bridgehead atoms. The molecule has 0 atom stereocenters. The van der Waals surface area contributed by atoms with Gasteiger partial charge in [0.1, 0.15) is 11.3 Å². The number of fused-ring (bicyclic) bond motifs is 1. The van der Waals surface area contributed by atoms with E-state index in [4.69, 9.17) is 14.9 Å². The molecule has 1 aromatic carbocycles. The molecule has 3 N–H and O–H groups in total. The first-order chi connectivity index (χ1) is 11.5. The van der Waals surface area contributed by atoms with Crippen molar-refractivity contribution in [1.82, 2.24) is 4.98 Å². The van der Waals surface area contributed by atoms with Gasteiger partial charge in [-0.3, -0.25) is 9.59 Å². The molecule has 0 aliphatic heterocycles. The van der Waals surface area contributed by atoms with Crippen LogP contribution in [0.5, 0.6) is 5.75 Å². The fourth-order valence-corrected chi connectivity index (χ4v) is 3.01. The van der Waals surface area contributed by atoms with Crippen molar-refractivity contribution in [3.05, 3.63) is 41.1 Å². The predicted octanol–water partition coefficient (Wildman–Crippen LogP) is 2.11. The minimum atomic E-state index is -0.460. The number of ether oxygens (including phenoxy) is 1. The Kier molecular flexibility index (Phi) is 4.48. The second-order valence-corrected chi connectivity index (χ2v) is 5.99. The second kappa shape index (κ2) is 6.71. The number of nitrogens with two attached hydrogens (primary N) is 1. The number of hydrogen-bond donors (Lipinski definition) is 2. The fraction of sp³-hybridized carbons (Fsp3) is 0.188. The lowest BCUT2D eigenvalue weighted by Crippen LogP contribution is -2.15. The summed E-state index contributed by atoms with van der Waals surface area (Å²) < 4.78 is 10.6. The molecule has 0 fully saturated rings.